The maximum Gasteiger partial charge on any atom is 0.249 e. The van der Waals surface area contributed by atoms with Gasteiger partial charge in [-0.15, -0.1) is 11.3 Å². The summed E-state index contributed by atoms with van der Waals surface area (Å²) < 4.78 is 1.75. The van der Waals surface area contributed by atoms with E-state index in [-0.39, 0.29) is 11.8 Å². The van der Waals surface area contributed by atoms with Gasteiger partial charge in [-0.2, -0.15) is 0 Å². The molecule has 1 saturated carbocycles. The van der Waals surface area contributed by atoms with Gasteiger partial charge in [0.25, 0.3) is 0 Å². The number of amides is 1. The third kappa shape index (κ3) is 4.00. The minimum atomic E-state index is -0.440. The summed E-state index contributed by atoms with van der Waals surface area (Å²) >= 11 is 1.41. The van der Waals surface area contributed by atoms with Crippen molar-refractivity contribution in [2.24, 2.45) is 5.92 Å². The Bertz CT molecular complexity index is 895. The number of hydrogen-bond donors (Lipinski definition) is 2. The number of aromatic hydroxyl groups is 1. The van der Waals surface area contributed by atoms with Gasteiger partial charge in [0.05, 0.1) is 0 Å². The third-order valence-electron chi connectivity index (χ3n) is 5.56. The van der Waals surface area contributed by atoms with Crippen LogP contribution < -0.4 is 5.32 Å². The van der Waals surface area contributed by atoms with Crippen molar-refractivity contribution in [1.82, 2.24) is 9.55 Å². The second-order valence-electron chi connectivity index (χ2n) is 7.38. The molecule has 4 rings (SSSR count). The molecule has 6 heteroatoms. The van der Waals surface area contributed by atoms with Gasteiger partial charge in [-0.25, -0.2) is 4.98 Å². The lowest BCUT2D eigenvalue weighted by Crippen LogP contribution is -2.27. The Kier molecular flexibility index (Phi) is 5.43. The number of nitrogens with zero attached hydrogens (tertiary/aromatic N) is 2. The summed E-state index contributed by atoms with van der Waals surface area (Å²) in [4.78, 5) is 17.3. The van der Waals surface area contributed by atoms with E-state index in [1.54, 1.807) is 10.8 Å². The Hall–Kier alpha value is -2.34. The summed E-state index contributed by atoms with van der Waals surface area (Å²) in [5.74, 6) is 0.563. The van der Waals surface area contributed by atoms with Gasteiger partial charge in [0, 0.05) is 28.5 Å². The molecule has 1 fully saturated rings. The molecular weight excluding hydrogens is 358 g/mol. The average molecular weight is 384 g/mol. The monoisotopic (exact) mass is 383 g/mol. The maximum atomic E-state index is 13.1. The zero-order valence-electron chi connectivity index (χ0n) is 15.3. The SMILES string of the molecule is O=C(Nc1nccs1)C(CC1CCCCCC1)n1cc2ccccc2c1O. The van der Waals surface area contributed by atoms with Crippen molar-refractivity contribution in [2.75, 3.05) is 5.32 Å². The fourth-order valence-corrected chi connectivity index (χ4v) is 4.67. The smallest absolute Gasteiger partial charge is 0.249 e. The van der Waals surface area contributed by atoms with Crippen LogP contribution >= 0.6 is 11.3 Å². The summed E-state index contributed by atoms with van der Waals surface area (Å²) in [6.07, 6.45) is 11.7. The van der Waals surface area contributed by atoms with E-state index in [0.29, 0.717) is 11.0 Å². The van der Waals surface area contributed by atoms with E-state index in [4.69, 9.17) is 0 Å². The van der Waals surface area contributed by atoms with Gasteiger partial charge in [-0.3, -0.25) is 4.79 Å². The van der Waals surface area contributed by atoms with Gasteiger partial charge >= 0.3 is 0 Å². The highest BCUT2D eigenvalue weighted by molar-refractivity contribution is 7.13. The maximum absolute atomic E-state index is 13.1. The van der Waals surface area contributed by atoms with Crippen LogP contribution in [0.2, 0.25) is 0 Å². The van der Waals surface area contributed by atoms with E-state index >= 15 is 0 Å². The van der Waals surface area contributed by atoms with E-state index in [2.05, 4.69) is 10.3 Å². The van der Waals surface area contributed by atoms with Crippen molar-refractivity contribution in [2.45, 2.75) is 51.0 Å². The first-order valence-electron chi connectivity index (χ1n) is 9.71. The molecule has 2 N–H and O–H groups in total. The molecular formula is C21H25N3O2S. The molecule has 1 aliphatic carbocycles. The Balaban J connectivity index is 1.65. The molecule has 0 saturated heterocycles. The number of nitrogens with one attached hydrogen (secondary N) is 1. The first-order valence-corrected chi connectivity index (χ1v) is 10.6. The number of anilines is 1. The number of carbonyl (C=O) groups excluding carboxylic acids is 1. The predicted molar refractivity (Wildman–Crippen MR) is 109 cm³/mol. The number of hydrogen-bond acceptors (Lipinski definition) is 4. The minimum absolute atomic E-state index is 0.107. The Morgan fingerprint density at radius 1 is 1.26 bits per heavy atom. The standard InChI is InChI=1S/C21H25N3O2S/c25-19(23-21-22-11-12-27-21)18(13-15-7-3-1-2-4-8-15)24-14-16-9-5-6-10-17(16)20(24)26/h5-6,9-12,14-15,18,26H,1-4,7-8,13H2,(H,22,23,25). The lowest BCUT2D eigenvalue weighted by molar-refractivity contribution is -0.119. The van der Waals surface area contributed by atoms with E-state index in [1.165, 1.54) is 37.0 Å². The minimum Gasteiger partial charge on any atom is -0.494 e. The predicted octanol–water partition coefficient (Wildman–Crippen LogP) is 5.34. The third-order valence-corrected chi connectivity index (χ3v) is 6.25. The summed E-state index contributed by atoms with van der Waals surface area (Å²) in [6, 6.07) is 7.27. The second kappa shape index (κ2) is 8.13. The number of benzene rings is 1. The molecule has 142 valence electrons. The van der Waals surface area contributed by atoms with Crippen molar-refractivity contribution in [3.8, 4) is 5.88 Å². The number of aromatic nitrogens is 2. The van der Waals surface area contributed by atoms with E-state index in [1.807, 2.05) is 35.8 Å². The molecule has 0 aliphatic heterocycles. The quantitative estimate of drug-likeness (QED) is 0.584. The Morgan fingerprint density at radius 2 is 2.04 bits per heavy atom. The molecule has 3 aromatic rings. The van der Waals surface area contributed by atoms with Crippen molar-refractivity contribution in [3.63, 3.8) is 0 Å². The molecule has 2 aromatic heterocycles. The molecule has 1 atom stereocenters. The van der Waals surface area contributed by atoms with Gasteiger partial charge in [-0.05, 0) is 18.4 Å². The summed E-state index contributed by atoms with van der Waals surface area (Å²) in [5.41, 5.74) is 0. The van der Waals surface area contributed by atoms with Crippen LogP contribution in [0, 0.1) is 5.92 Å². The molecule has 2 heterocycles. The van der Waals surface area contributed by atoms with Gasteiger partial charge in [0.2, 0.25) is 5.91 Å². The highest BCUT2D eigenvalue weighted by Gasteiger charge is 2.28. The molecule has 0 spiro atoms. The second-order valence-corrected chi connectivity index (χ2v) is 8.28. The number of thiazole rings is 1. The average Bonchev–Trinajstić information content (AvgIpc) is 3.21. The summed E-state index contributed by atoms with van der Waals surface area (Å²) in [6.45, 7) is 0. The van der Waals surface area contributed by atoms with Crippen LogP contribution in [0.1, 0.15) is 51.0 Å². The van der Waals surface area contributed by atoms with Crippen LogP contribution in [0.3, 0.4) is 0 Å². The molecule has 1 unspecified atom stereocenters. The lowest BCUT2D eigenvalue weighted by Gasteiger charge is -2.23. The number of rotatable bonds is 5. The van der Waals surface area contributed by atoms with Crippen LogP contribution in [0.25, 0.3) is 10.8 Å². The molecule has 27 heavy (non-hydrogen) atoms. The zero-order valence-corrected chi connectivity index (χ0v) is 16.1. The Labute approximate surface area is 163 Å². The topological polar surface area (TPSA) is 67.2 Å². The normalized spacial score (nSPS) is 16.9. The van der Waals surface area contributed by atoms with E-state index in [0.717, 1.165) is 30.0 Å². The first kappa shape index (κ1) is 18.0. The largest absolute Gasteiger partial charge is 0.494 e. The van der Waals surface area contributed by atoms with E-state index < -0.39 is 6.04 Å². The van der Waals surface area contributed by atoms with Crippen molar-refractivity contribution >= 4 is 33.1 Å². The van der Waals surface area contributed by atoms with Crippen LogP contribution in [0.15, 0.2) is 42.0 Å². The van der Waals surface area contributed by atoms with Crippen LogP contribution in [-0.4, -0.2) is 20.6 Å². The van der Waals surface area contributed by atoms with Gasteiger partial charge in [-0.1, -0.05) is 56.7 Å². The van der Waals surface area contributed by atoms with E-state index in [9.17, 15) is 9.90 Å². The molecule has 1 amide bonds. The Morgan fingerprint density at radius 3 is 2.74 bits per heavy atom. The molecule has 1 aromatic carbocycles. The number of carbonyl (C=O) groups is 1. The van der Waals surface area contributed by atoms with Crippen LogP contribution in [-0.2, 0) is 4.79 Å². The van der Waals surface area contributed by atoms with Crippen LogP contribution in [0.5, 0.6) is 5.88 Å². The fraction of sp³-hybridized carbons (Fsp3) is 0.429. The summed E-state index contributed by atoms with van der Waals surface area (Å²) in [7, 11) is 0. The highest BCUT2D eigenvalue weighted by atomic mass is 32.1. The van der Waals surface area contributed by atoms with Crippen LogP contribution in [0.4, 0.5) is 5.13 Å². The van der Waals surface area contributed by atoms with Gasteiger partial charge in [0.15, 0.2) is 11.0 Å². The molecule has 5 nitrogen and oxygen atoms in total. The molecule has 1 aliphatic rings. The molecule has 0 radical (unpaired) electrons. The van der Waals surface area contributed by atoms with Gasteiger partial charge < -0.3 is 15.0 Å². The van der Waals surface area contributed by atoms with Crippen molar-refractivity contribution in [1.29, 1.82) is 0 Å². The lowest BCUT2D eigenvalue weighted by atomic mass is 9.92. The van der Waals surface area contributed by atoms with Gasteiger partial charge in [0.1, 0.15) is 6.04 Å². The fourth-order valence-electron chi connectivity index (χ4n) is 4.14. The summed E-state index contributed by atoms with van der Waals surface area (Å²) in [5, 5.41) is 17.9. The zero-order chi connectivity index (χ0) is 18.6. The van der Waals surface area contributed by atoms with Crippen molar-refractivity contribution < 1.29 is 9.90 Å². The first-order chi connectivity index (χ1) is 13.2. The number of fused-ring (bicyclic) bond motifs is 1. The highest BCUT2D eigenvalue weighted by Crippen LogP contribution is 2.36. The molecule has 0 bridgehead atoms. The van der Waals surface area contributed by atoms with Crippen molar-refractivity contribution in [3.05, 3.63) is 42.0 Å².